The van der Waals surface area contributed by atoms with Crippen molar-refractivity contribution >= 4 is 0 Å². The number of ether oxygens (including phenoxy) is 1. The fraction of sp³-hybridized carbons (Fsp3) is 0.765. The smallest absolute Gasteiger partial charge is 0.117 e. The minimum absolute atomic E-state index is 0.131. The van der Waals surface area contributed by atoms with E-state index >= 15 is 0 Å². The summed E-state index contributed by atoms with van der Waals surface area (Å²) in [6.07, 6.45) is 1.73. The van der Waals surface area contributed by atoms with Gasteiger partial charge >= 0.3 is 0 Å². The standard InChI is InChI=1S/C17H30N2O2/c1-7-18-15-14(16(2,3)21-17(15,4)5)12-19(6)11-13-9-8-10-20-13/h8-10,14-15,18H,7,11-12H2,1-6H3. The van der Waals surface area contributed by atoms with Gasteiger partial charge in [-0.2, -0.15) is 0 Å². The Hall–Kier alpha value is -0.840. The summed E-state index contributed by atoms with van der Waals surface area (Å²) >= 11 is 0. The van der Waals surface area contributed by atoms with Gasteiger partial charge in [0.1, 0.15) is 5.76 Å². The second kappa shape index (κ2) is 6.11. The first-order valence-electron chi connectivity index (χ1n) is 7.90. The van der Waals surface area contributed by atoms with Crippen LogP contribution in [0.1, 0.15) is 40.4 Å². The van der Waals surface area contributed by atoms with Gasteiger partial charge in [-0.25, -0.2) is 0 Å². The van der Waals surface area contributed by atoms with E-state index < -0.39 is 0 Å². The minimum Gasteiger partial charge on any atom is -0.468 e. The van der Waals surface area contributed by atoms with E-state index in [1.807, 2.05) is 12.1 Å². The van der Waals surface area contributed by atoms with Crippen LogP contribution in [0.5, 0.6) is 0 Å². The van der Waals surface area contributed by atoms with E-state index in [1.54, 1.807) is 6.26 Å². The van der Waals surface area contributed by atoms with Crippen LogP contribution in [0.3, 0.4) is 0 Å². The lowest BCUT2D eigenvalue weighted by molar-refractivity contribution is -0.0794. The monoisotopic (exact) mass is 294 g/mol. The first-order valence-corrected chi connectivity index (χ1v) is 7.90. The molecule has 4 heteroatoms. The Labute approximate surface area is 128 Å². The second-order valence-electron chi connectivity index (χ2n) is 7.23. The van der Waals surface area contributed by atoms with E-state index in [0.717, 1.165) is 25.4 Å². The quantitative estimate of drug-likeness (QED) is 0.875. The summed E-state index contributed by atoms with van der Waals surface area (Å²) in [5, 5.41) is 3.63. The molecule has 1 fully saturated rings. The van der Waals surface area contributed by atoms with Crippen molar-refractivity contribution in [3.8, 4) is 0 Å². The lowest BCUT2D eigenvalue weighted by Crippen LogP contribution is -2.50. The lowest BCUT2D eigenvalue weighted by atomic mass is 9.82. The van der Waals surface area contributed by atoms with Crippen molar-refractivity contribution in [2.45, 2.75) is 58.4 Å². The summed E-state index contributed by atoms with van der Waals surface area (Å²) in [5.41, 5.74) is -0.274. The topological polar surface area (TPSA) is 37.6 Å². The molecule has 21 heavy (non-hydrogen) atoms. The maximum Gasteiger partial charge on any atom is 0.117 e. The molecule has 0 bridgehead atoms. The van der Waals surface area contributed by atoms with E-state index in [0.29, 0.717) is 12.0 Å². The molecule has 2 rings (SSSR count). The zero-order valence-corrected chi connectivity index (χ0v) is 14.3. The molecule has 1 N–H and O–H groups in total. The second-order valence-corrected chi connectivity index (χ2v) is 7.23. The molecule has 0 aliphatic carbocycles. The molecule has 1 aromatic heterocycles. The third kappa shape index (κ3) is 3.68. The molecule has 0 spiro atoms. The van der Waals surface area contributed by atoms with Gasteiger partial charge in [-0.05, 0) is 53.4 Å². The Morgan fingerprint density at radius 1 is 1.24 bits per heavy atom. The van der Waals surface area contributed by atoms with Crippen molar-refractivity contribution in [3.63, 3.8) is 0 Å². The predicted octanol–water partition coefficient (Wildman–Crippen LogP) is 2.89. The maximum atomic E-state index is 6.34. The number of hydrogen-bond donors (Lipinski definition) is 1. The van der Waals surface area contributed by atoms with Gasteiger partial charge in [0.15, 0.2) is 0 Å². The van der Waals surface area contributed by atoms with Crippen molar-refractivity contribution in [3.05, 3.63) is 24.2 Å². The van der Waals surface area contributed by atoms with E-state index in [4.69, 9.17) is 9.15 Å². The molecule has 0 amide bonds. The van der Waals surface area contributed by atoms with Crippen molar-refractivity contribution < 1.29 is 9.15 Å². The molecule has 0 aromatic carbocycles. The Kier molecular flexibility index (Phi) is 4.81. The minimum atomic E-state index is -0.143. The van der Waals surface area contributed by atoms with E-state index in [-0.39, 0.29) is 11.2 Å². The summed E-state index contributed by atoms with van der Waals surface area (Å²) < 4.78 is 11.8. The van der Waals surface area contributed by atoms with Gasteiger partial charge in [-0.3, -0.25) is 4.90 Å². The highest BCUT2D eigenvalue weighted by molar-refractivity contribution is 5.06. The highest BCUT2D eigenvalue weighted by Gasteiger charge is 2.53. The average Bonchev–Trinajstić information content (AvgIpc) is 2.89. The van der Waals surface area contributed by atoms with Crippen LogP contribution in [0, 0.1) is 5.92 Å². The van der Waals surface area contributed by atoms with E-state index in [1.165, 1.54) is 0 Å². The summed E-state index contributed by atoms with van der Waals surface area (Å²) in [4.78, 5) is 2.32. The molecule has 2 heterocycles. The molecular formula is C17H30N2O2. The van der Waals surface area contributed by atoms with Crippen molar-refractivity contribution in [1.29, 1.82) is 0 Å². The van der Waals surface area contributed by atoms with Gasteiger partial charge in [0.25, 0.3) is 0 Å². The van der Waals surface area contributed by atoms with Crippen LogP contribution in [0.4, 0.5) is 0 Å². The average molecular weight is 294 g/mol. The van der Waals surface area contributed by atoms with Gasteiger partial charge < -0.3 is 14.5 Å². The molecule has 1 aromatic rings. The Morgan fingerprint density at radius 3 is 2.52 bits per heavy atom. The highest BCUT2D eigenvalue weighted by Crippen LogP contribution is 2.42. The van der Waals surface area contributed by atoms with Gasteiger partial charge in [0.2, 0.25) is 0 Å². The Bertz CT molecular complexity index is 440. The van der Waals surface area contributed by atoms with Crippen LogP contribution in [0.15, 0.2) is 22.8 Å². The van der Waals surface area contributed by atoms with Crippen LogP contribution in [0.2, 0.25) is 0 Å². The maximum absolute atomic E-state index is 6.34. The van der Waals surface area contributed by atoms with Crippen LogP contribution in [0.25, 0.3) is 0 Å². The molecule has 0 saturated carbocycles. The molecule has 1 aliphatic heterocycles. The fourth-order valence-corrected chi connectivity index (χ4v) is 3.71. The van der Waals surface area contributed by atoms with Crippen LogP contribution in [-0.4, -0.2) is 42.3 Å². The molecule has 2 unspecified atom stereocenters. The van der Waals surface area contributed by atoms with Gasteiger partial charge in [-0.15, -0.1) is 0 Å². The normalized spacial score (nSPS) is 27.4. The van der Waals surface area contributed by atoms with Gasteiger partial charge in [0.05, 0.1) is 24.0 Å². The molecule has 4 nitrogen and oxygen atoms in total. The number of hydrogen-bond acceptors (Lipinski definition) is 4. The van der Waals surface area contributed by atoms with E-state index in [9.17, 15) is 0 Å². The molecular weight excluding hydrogens is 264 g/mol. The largest absolute Gasteiger partial charge is 0.468 e. The van der Waals surface area contributed by atoms with Crippen molar-refractivity contribution in [2.75, 3.05) is 20.1 Å². The first-order chi connectivity index (χ1) is 9.76. The Morgan fingerprint density at radius 2 is 1.95 bits per heavy atom. The SMILES string of the molecule is CCNC1C(CN(C)Cc2ccco2)C(C)(C)OC1(C)C. The lowest BCUT2D eigenvalue weighted by Gasteiger charge is -2.33. The summed E-state index contributed by atoms with van der Waals surface area (Å²) in [5.74, 6) is 1.45. The van der Waals surface area contributed by atoms with Gasteiger partial charge in [-0.1, -0.05) is 6.92 Å². The summed E-state index contributed by atoms with van der Waals surface area (Å²) in [6.45, 7) is 13.7. The number of nitrogens with zero attached hydrogens (tertiary/aromatic N) is 1. The number of furan rings is 1. The number of likely N-dealkylation sites (N-methyl/N-ethyl adjacent to an activating group) is 1. The van der Waals surface area contributed by atoms with Crippen LogP contribution >= 0.6 is 0 Å². The summed E-state index contributed by atoms with van der Waals surface area (Å²) in [6, 6.07) is 4.33. The van der Waals surface area contributed by atoms with E-state index in [2.05, 4.69) is 51.9 Å². The highest BCUT2D eigenvalue weighted by atomic mass is 16.5. The molecule has 120 valence electrons. The van der Waals surface area contributed by atoms with Crippen molar-refractivity contribution in [1.82, 2.24) is 10.2 Å². The predicted molar refractivity (Wildman–Crippen MR) is 85.2 cm³/mol. The van der Waals surface area contributed by atoms with Crippen LogP contribution < -0.4 is 5.32 Å². The third-order valence-corrected chi connectivity index (χ3v) is 4.51. The molecule has 1 aliphatic rings. The molecule has 1 saturated heterocycles. The third-order valence-electron chi connectivity index (χ3n) is 4.51. The number of rotatable bonds is 6. The fourth-order valence-electron chi connectivity index (χ4n) is 3.71. The van der Waals surface area contributed by atoms with Gasteiger partial charge in [0, 0.05) is 18.5 Å². The summed E-state index contributed by atoms with van der Waals surface area (Å²) in [7, 11) is 2.15. The van der Waals surface area contributed by atoms with Crippen LogP contribution in [-0.2, 0) is 11.3 Å². The first kappa shape index (κ1) is 16.5. The molecule has 0 radical (unpaired) electrons. The number of nitrogens with one attached hydrogen (secondary N) is 1. The zero-order chi connectivity index (χ0) is 15.7. The molecule has 2 atom stereocenters. The Balaban J connectivity index is 2.07. The zero-order valence-electron chi connectivity index (χ0n) is 14.3. The van der Waals surface area contributed by atoms with Crippen molar-refractivity contribution in [2.24, 2.45) is 5.92 Å².